The third-order valence-corrected chi connectivity index (χ3v) is 5.22. The van der Waals surface area contributed by atoms with Crippen molar-refractivity contribution < 1.29 is 13.3 Å². The van der Waals surface area contributed by atoms with Crippen molar-refractivity contribution in [3.8, 4) is 0 Å². The number of hydrogen-bond donors (Lipinski definition) is 0. The zero-order chi connectivity index (χ0) is 12.4. The molecule has 0 aromatic heterocycles. The molecule has 0 heterocycles. The van der Waals surface area contributed by atoms with E-state index in [0.717, 1.165) is 12.8 Å². The van der Waals surface area contributed by atoms with E-state index in [1.165, 1.54) is 25.7 Å². The quantitative estimate of drug-likeness (QED) is 0.321. The summed E-state index contributed by atoms with van der Waals surface area (Å²) in [6, 6.07) is 0. The van der Waals surface area contributed by atoms with Crippen LogP contribution in [0.15, 0.2) is 0 Å². The molecule has 0 fully saturated rings. The van der Waals surface area contributed by atoms with Gasteiger partial charge in [0.25, 0.3) is 8.32 Å². The van der Waals surface area contributed by atoms with Crippen LogP contribution in [0, 0.1) is 0 Å². The standard InChI is InChI=1S/C11H26O3PSi/c1-5-6-7-8-9-10-11-13-15(12)14-16(2,3)4/h5-11H2,1-4H3/q+1. The van der Waals surface area contributed by atoms with Crippen molar-refractivity contribution in [1.29, 1.82) is 0 Å². The Kier molecular flexibility index (Phi) is 9.42. The zero-order valence-electron chi connectivity index (χ0n) is 11.1. The summed E-state index contributed by atoms with van der Waals surface area (Å²) in [5.41, 5.74) is 0. The molecule has 0 aromatic rings. The molecule has 96 valence electrons. The molecular formula is C11H26O3PSi+. The summed E-state index contributed by atoms with van der Waals surface area (Å²) in [5, 5.41) is 0. The van der Waals surface area contributed by atoms with Crippen LogP contribution in [0.1, 0.15) is 45.4 Å². The Morgan fingerprint density at radius 1 is 1.00 bits per heavy atom. The van der Waals surface area contributed by atoms with Crippen LogP contribution in [0.2, 0.25) is 19.6 Å². The second kappa shape index (κ2) is 9.29. The van der Waals surface area contributed by atoms with Gasteiger partial charge in [0.2, 0.25) is 0 Å². The maximum atomic E-state index is 11.3. The van der Waals surface area contributed by atoms with Gasteiger partial charge in [-0.1, -0.05) is 39.0 Å². The molecule has 0 aromatic carbocycles. The minimum Gasteiger partial charge on any atom is -0.176 e. The van der Waals surface area contributed by atoms with Gasteiger partial charge >= 0.3 is 8.25 Å². The topological polar surface area (TPSA) is 35.5 Å². The van der Waals surface area contributed by atoms with Crippen LogP contribution in [0.4, 0.5) is 0 Å². The molecule has 0 spiro atoms. The summed E-state index contributed by atoms with van der Waals surface area (Å²) >= 11 is 0. The van der Waals surface area contributed by atoms with Crippen LogP contribution in [0.5, 0.6) is 0 Å². The van der Waals surface area contributed by atoms with Crippen LogP contribution >= 0.6 is 8.25 Å². The Hall–Kier alpha value is 0.237. The van der Waals surface area contributed by atoms with E-state index in [1.54, 1.807) is 0 Å². The highest BCUT2D eigenvalue weighted by Crippen LogP contribution is 2.29. The zero-order valence-corrected chi connectivity index (χ0v) is 13.0. The van der Waals surface area contributed by atoms with E-state index in [9.17, 15) is 4.57 Å². The molecule has 0 saturated carbocycles. The van der Waals surface area contributed by atoms with Gasteiger partial charge in [0.1, 0.15) is 6.61 Å². The predicted octanol–water partition coefficient (Wildman–Crippen LogP) is 4.87. The third-order valence-electron chi connectivity index (χ3n) is 2.04. The van der Waals surface area contributed by atoms with Gasteiger partial charge in [-0.2, -0.15) is 4.21 Å². The van der Waals surface area contributed by atoms with Gasteiger partial charge in [-0.25, -0.2) is 0 Å². The van der Waals surface area contributed by atoms with Crippen LogP contribution in [0.25, 0.3) is 0 Å². The SMILES string of the molecule is CCCCCCCCO[P+](=O)O[Si](C)(C)C. The van der Waals surface area contributed by atoms with Crippen molar-refractivity contribution >= 4 is 16.6 Å². The smallest absolute Gasteiger partial charge is 0.176 e. The summed E-state index contributed by atoms with van der Waals surface area (Å²) in [6.45, 7) is 8.80. The molecule has 0 saturated heterocycles. The van der Waals surface area contributed by atoms with Gasteiger partial charge in [-0.05, 0) is 26.1 Å². The van der Waals surface area contributed by atoms with E-state index in [0.29, 0.717) is 6.61 Å². The van der Waals surface area contributed by atoms with E-state index in [4.69, 9.17) is 8.74 Å². The van der Waals surface area contributed by atoms with Crippen molar-refractivity contribution in [2.45, 2.75) is 65.1 Å². The van der Waals surface area contributed by atoms with E-state index < -0.39 is 16.6 Å². The lowest BCUT2D eigenvalue weighted by Gasteiger charge is -2.04. The fourth-order valence-corrected chi connectivity index (χ4v) is 3.55. The van der Waals surface area contributed by atoms with Gasteiger partial charge < -0.3 is 0 Å². The van der Waals surface area contributed by atoms with Crippen molar-refractivity contribution in [1.82, 2.24) is 0 Å². The van der Waals surface area contributed by atoms with Crippen molar-refractivity contribution in [2.24, 2.45) is 0 Å². The monoisotopic (exact) mass is 265 g/mol. The number of rotatable bonds is 10. The lowest BCUT2D eigenvalue weighted by Crippen LogP contribution is -2.21. The lowest BCUT2D eigenvalue weighted by atomic mass is 10.1. The minimum atomic E-state index is -1.88. The fraction of sp³-hybridized carbons (Fsp3) is 1.00. The van der Waals surface area contributed by atoms with Crippen molar-refractivity contribution in [2.75, 3.05) is 6.61 Å². The van der Waals surface area contributed by atoms with Gasteiger partial charge in [0.05, 0.1) is 0 Å². The molecule has 1 atom stereocenters. The molecule has 0 rings (SSSR count). The molecule has 5 heteroatoms. The van der Waals surface area contributed by atoms with Crippen molar-refractivity contribution in [3.63, 3.8) is 0 Å². The highest BCUT2D eigenvalue weighted by atomic mass is 31.1. The first-order valence-corrected chi connectivity index (χ1v) is 10.8. The minimum absolute atomic E-state index is 0.561. The molecule has 0 aliphatic carbocycles. The summed E-state index contributed by atoms with van der Waals surface area (Å²) in [5.74, 6) is 0. The maximum Gasteiger partial charge on any atom is 0.685 e. The van der Waals surface area contributed by atoms with Crippen LogP contribution in [0.3, 0.4) is 0 Å². The molecule has 16 heavy (non-hydrogen) atoms. The fourth-order valence-electron chi connectivity index (χ4n) is 1.27. The Morgan fingerprint density at radius 3 is 2.12 bits per heavy atom. The molecule has 0 bridgehead atoms. The Balaban J connectivity index is 3.28. The van der Waals surface area contributed by atoms with E-state index >= 15 is 0 Å². The van der Waals surface area contributed by atoms with Crippen LogP contribution in [-0.4, -0.2) is 14.9 Å². The molecule has 0 aliphatic rings. The average molecular weight is 265 g/mol. The summed E-state index contributed by atoms with van der Waals surface area (Å²) in [6.07, 6.45) is 7.28. The van der Waals surface area contributed by atoms with E-state index in [2.05, 4.69) is 6.92 Å². The second-order valence-electron chi connectivity index (χ2n) is 5.03. The maximum absolute atomic E-state index is 11.3. The van der Waals surface area contributed by atoms with Crippen LogP contribution in [-0.2, 0) is 13.3 Å². The first-order chi connectivity index (χ1) is 7.45. The number of hydrogen-bond acceptors (Lipinski definition) is 3. The average Bonchev–Trinajstić information content (AvgIpc) is 2.13. The first-order valence-electron chi connectivity index (χ1n) is 6.25. The Labute approximate surface area is 102 Å². The van der Waals surface area contributed by atoms with E-state index in [-0.39, 0.29) is 0 Å². The van der Waals surface area contributed by atoms with Crippen molar-refractivity contribution in [3.05, 3.63) is 0 Å². The van der Waals surface area contributed by atoms with Crippen LogP contribution < -0.4 is 0 Å². The highest BCUT2D eigenvalue weighted by molar-refractivity contribution is 7.35. The molecule has 0 radical (unpaired) electrons. The highest BCUT2D eigenvalue weighted by Gasteiger charge is 2.31. The van der Waals surface area contributed by atoms with Gasteiger partial charge in [0.15, 0.2) is 0 Å². The van der Waals surface area contributed by atoms with E-state index in [1.807, 2.05) is 19.6 Å². The molecule has 0 amide bonds. The molecule has 3 nitrogen and oxygen atoms in total. The first kappa shape index (κ1) is 16.2. The Bertz CT molecular complexity index is 192. The second-order valence-corrected chi connectivity index (χ2v) is 10.7. The number of unbranched alkanes of at least 4 members (excludes halogenated alkanes) is 5. The van der Waals surface area contributed by atoms with Gasteiger partial charge in [-0.15, -0.1) is 4.52 Å². The third kappa shape index (κ3) is 12.3. The summed E-state index contributed by atoms with van der Waals surface area (Å²) in [7, 11) is -3.60. The summed E-state index contributed by atoms with van der Waals surface area (Å²) in [4.78, 5) is 0. The largest absolute Gasteiger partial charge is 0.685 e. The van der Waals surface area contributed by atoms with Gasteiger partial charge in [-0.3, -0.25) is 0 Å². The predicted molar refractivity (Wildman–Crippen MR) is 71.4 cm³/mol. The molecule has 0 aliphatic heterocycles. The molecular weight excluding hydrogens is 239 g/mol. The molecule has 0 N–H and O–H groups in total. The Morgan fingerprint density at radius 2 is 1.56 bits per heavy atom. The molecule has 1 unspecified atom stereocenters. The summed E-state index contributed by atoms with van der Waals surface area (Å²) < 4.78 is 21.8. The normalized spacial score (nSPS) is 12.9. The van der Waals surface area contributed by atoms with Gasteiger partial charge in [0, 0.05) is 4.57 Å². The lowest BCUT2D eigenvalue weighted by molar-refractivity contribution is 0.276.